The van der Waals surface area contributed by atoms with Crippen LogP contribution in [0.4, 0.5) is 0 Å². The van der Waals surface area contributed by atoms with Crippen molar-refractivity contribution < 1.29 is 4.12 Å². The Hall–Kier alpha value is 0.708. The highest BCUT2D eigenvalue weighted by Gasteiger charge is 2.46. The van der Waals surface area contributed by atoms with Gasteiger partial charge in [-0.1, -0.05) is 0 Å². The van der Waals surface area contributed by atoms with E-state index in [4.69, 9.17) is 4.12 Å². The molecule has 8 heteroatoms. The van der Waals surface area contributed by atoms with Gasteiger partial charge in [0.05, 0.1) is 0 Å². The molecule has 0 atom stereocenters. The highest BCUT2D eigenvalue weighted by molar-refractivity contribution is 7.02. The van der Waals surface area contributed by atoms with Gasteiger partial charge in [0.15, 0.2) is 16.8 Å². The van der Waals surface area contributed by atoms with Gasteiger partial charge in [-0.05, 0) is 52.4 Å². The lowest BCUT2D eigenvalue weighted by Gasteiger charge is -2.48. The molecule has 1 saturated heterocycles. The Morgan fingerprint density at radius 3 is 1.19 bits per heavy atom. The number of hydrogen-bond donors (Lipinski definition) is 3. The first-order chi connectivity index (χ1) is 6.83. The van der Waals surface area contributed by atoms with Gasteiger partial charge in [-0.25, -0.2) is 0 Å². The molecule has 0 aromatic heterocycles. The van der Waals surface area contributed by atoms with Crippen molar-refractivity contribution in [3.05, 3.63) is 0 Å². The summed E-state index contributed by atoms with van der Waals surface area (Å²) < 4.78 is 18.0. The molecule has 0 aliphatic carbocycles. The molecule has 0 radical (unpaired) electrons. The molecule has 16 heavy (non-hydrogen) atoms. The van der Waals surface area contributed by atoms with E-state index < -0.39 is 33.8 Å². The van der Waals surface area contributed by atoms with E-state index in [0.717, 1.165) is 0 Å². The molecule has 0 aromatic rings. The number of nitrogens with one attached hydrogen (secondary N) is 3. The zero-order valence-corrected chi connectivity index (χ0v) is 15.9. The van der Waals surface area contributed by atoms with Crippen LogP contribution in [0.25, 0.3) is 0 Å². The molecule has 0 amide bonds. The maximum Gasteiger partial charge on any atom is 0.247 e. The largest absolute Gasteiger partial charge is 0.433 e. The summed E-state index contributed by atoms with van der Waals surface area (Å²) in [6.07, 6.45) is 0. The zero-order valence-electron chi connectivity index (χ0n) is 11.9. The van der Waals surface area contributed by atoms with Crippen molar-refractivity contribution in [2.75, 3.05) is 0 Å². The fraction of sp³-hybridized carbons (Fsp3) is 1.00. The van der Waals surface area contributed by atoms with E-state index in [2.05, 4.69) is 66.3 Å². The van der Waals surface area contributed by atoms with Gasteiger partial charge in [0.25, 0.3) is 0 Å². The smallest absolute Gasteiger partial charge is 0.247 e. The third-order valence-corrected chi connectivity index (χ3v) is 21.3. The summed E-state index contributed by atoms with van der Waals surface area (Å²) in [5.74, 6) is 0. The second kappa shape index (κ2) is 4.12. The van der Waals surface area contributed by atoms with E-state index in [1.807, 2.05) is 0 Å². The van der Waals surface area contributed by atoms with E-state index in [0.29, 0.717) is 0 Å². The second-order valence-corrected chi connectivity index (χ2v) is 23.1. The average molecular weight is 294 g/mol. The summed E-state index contributed by atoms with van der Waals surface area (Å²) in [5.41, 5.74) is 0. The molecule has 1 aliphatic rings. The molecular formula is C8H27N3OSi4. The van der Waals surface area contributed by atoms with Crippen molar-refractivity contribution >= 4 is 33.8 Å². The van der Waals surface area contributed by atoms with Crippen LogP contribution in [-0.4, -0.2) is 33.8 Å². The molecule has 0 aromatic carbocycles. The van der Waals surface area contributed by atoms with Crippen molar-refractivity contribution in [2.24, 2.45) is 0 Å². The first kappa shape index (κ1) is 14.8. The fourth-order valence-corrected chi connectivity index (χ4v) is 29.4. The standard InChI is InChI=1S/C8H27N3OSi4/c1-13(2)9-14(3,4)11-16(7,8)12-15(5,6)10-13/h9-11H,1-8H3. The first-order valence-corrected chi connectivity index (χ1v) is 17.7. The van der Waals surface area contributed by atoms with Crippen molar-refractivity contribution in [1.82, 2.24) is 13.9 Å². The predicted molar refractivity (Wildman–Crippen MR) is 80.4 cm³/mol. The summed E-state index contributed by atoms with van der Waals surface area (Å²) in [6.45, 7) is 18.4. The summed E-state index contributed by atoms with van der Waals surface area (Å²) in [6, 6.07) is 0. The lowest BCUT2D eigenvalue weighted by molar-refractivity contribution is 0.525. The van der Waals surface area contributed by atoms with E-state index in [1.165, 1.54) is 0 Å². The monoisotopic (exact) mass is 293 g/mol. The highest BCUT2D eigenvalue weighted by Crippen LogP contribution is 2.17. The molecule has 1 fully saturated rings. The number of rotatable bonds is 0. The molecule has 4 nitrogen and oxygen atoms in total. The summed E-state index contributed by atoms with van der Waals surface area (Å²) >= 11 is 0. The molecular weight excluding hydrogens is 266 g/mol. The van der Waals surface area contributed by atoms with Crippen LogP contribution in [0.2, 0.25) is 52.4 Å². The molecule has 96 valence electrons. The van der Waals surface area contributed by atoms with Crippen LogP contribution < -0.4 is 13.9 Å². The Bertz CT molecular complexity index is 208. The molecule has 0 unspecified atom stereocenters. The Labute approximate surface area is 104 Å². The van der Waals surface area contributed by atoms with Gasteiger partial charge < -0.3 is 18.1 Å². The van der Waals surface area contributed by atoms with Crippen molar-refractivity contribution in [3.63, 3.8) is 0 Å². The summed E-state index contributed by atoms with van der Waals surface area (Å²) in [4.78, 5) is 0. The van der Waals surface area contributed by atoms with Crippen LogP contribution in [0, 0.1) is 0 Å². The molecule has 0 saturated carbocycles. The summed E-state index contributed by atoms with van der Waals surface area (Å²) in [5, 5.41) is 0. The molecule has 1 heterocycles. The lowest BCUT2D eigenvalue weighted by Crippen LogP contribution is -2.83. The summed E-state index contributed by atoms with van der Waals surface area (Å²) in [7, 11) is -6.57. The zero-order chi connectivity index (χ0) is 12.8. The highest BCUT2D eigenvalue weighted by atomic mass is 28.5. The molecule has 1 rings (SSSR count). The first-order valence-electron chi connectivity index (χ1n) is 5.91. The minimum absolute atomic E-state index is 1.55. The topological polar surface area (TPSA) is 45.3 Å². The Morgan fingerprint density at radius 1 is 0.562 bits per heavy atom. The van der Waals surface area contributed by atoms with Crippen molar-refractivity contribution in [1.29, 1.82) is 0 Å². The SMILES string of the molecule is C[Si]1(C)N[Si](C)(C)N[Si](C)(C)O[Si](C)(C)N1. The van der Waals surface area contributed by atoms with Crippen LogP contribution in [0.3, 0.4) is 0 Å². The van der Waals surface area contributed by atoms with Crippen molar-refractivity contribution in [3.8, 4) is 0 Å². The van der Waals surface area contributed by atoms with Gasteiger partial charge in [0.1, 0.15) is 0 Å². The fourth-order valence-electron chi connectivity index (χ4n) is 3.04. The van der Waals surface area contributed by atoms with Crippen LogP contribution in [0.1, 0.15) is 0 Å². The van der Waals surface area contributed by atoms with Crippen LogP contribution in [-0.2, 0) is 4.12 Å². The predicted octanol–water partition coefficient (Wildman–Crippen LogP) is 1.59. The molecule has 0 spiro atoms. The van der Waals surface area contributed by atoms with E-state index >= 15 is 0 Å². The molecule has 3 N–H and O–H groups in total. The maximum atomic E-state index is 6.42. The quantitative estimate of drug-likeness (QED) is 0.594. The van der Waals surface area contributed by atoms with Gasteiger partial charge >= 0.3 is 0 Å². The second-order valence-electron chi connectivity index (χ2n) is 6.75. The van der Waals surface area contributed by atoms with Crippen LogP contribution >= 0.6 is 0 Å². The Morgan fingerprint density at radius 2 is 0.875 bits per heavy atom. The third-order valence-electron chi connectivity index (χ3n) is 2.36. The maximum absolute atomic E-state index is 6.42. The molecule has 1 aliphatic heterocycles. The number of hydrogen-bond acceptors (Lipinski definition) is 4. The van der Waals surface area contributed by atoms with Gasteiger partial charge in [-0.3, -0.25) is 0 Å². The van der Waals surface area contributed by atoms with E-state index in [9.17, 15) is 0 Å². The van der Waals surface area contributed by atoms with Gasteiger partial charge in [-0.2, -0.15) is 0 Å². The third kappa shape index (κ3) is 4.53. The minimum Gasteiger partial charge on any atom is -0.433 e. The van der Waals surface area contributed by atoms with Crippen LogP contribution in [0.5, 0.6) is 0 Å². The Kier molecular flexibility index (Phi) is 3.81. The minimum atomic E-state index is -1.74. The normalized spacial score (nSPS) is 31.5. The van der Waals surface area contributed by atoms with Crippen molar-refractivity contribution in [2.45, 2.75) is 52.4 Å². The van der Waals surface area contributed by atoms with Gasteiger partial charge in [0.2, 0.25) is 17.0 Å². The van der Waals surface area contributed by atoms with Gasteiger partial charge in [0, 0.05) is 0 Å². The average Bonchev–Trinajstić information content (AvgIpc) is 1.67. The molecule has 0 bridgehead atoms. The van der Waals surface area contributed by atoms with E-state index in [1.54, 1.807) is 0 Å². The lowest BCUT2D eigenvalue weighted by atomic mass is 11.9. The van der Waals surface area contributed by atoms with E-state index in [-0.39, 0.29) is 0 Å². The Balaban J connectivity index is 2.98. The van der Waals surface area contributed by atoms with Gasteiger partial charge in [-0.15, -0.1) is 0 Å². The van der Waals surface area contributed by atoms with Crippen LogP contribution in [0.15, 0.2) is 0 Å².